The molecule has 94 valence electrons. The van der Waals surface area contributed by atoms with E-state index in [2.05, 4.69) is 10.4 Å². The summed E-state index contributed by atoms with van der Waals surface area (Å²) in [6.45, 7) is 1.99. The molecule has 0 spiro atoms. The van der Waals surface area contributed by atoms with Gasteiger partial charge >= 0.3 is 6.03 Å². The van der Waals surface area contributed by atoms with Gasteiger partial charge in [-0.05, 0) is 30.7 Å². The maximum atomic E-state index is 12.2. The first-order valence-electron chi connectivity index (χ1n) is 6.05. The Balaban J connectivity index is 1.92. The number of aryl methyl sites for hydroxylation is 1. The lowest BCUT2D eigenvalue weighted by Gasteiger charge is -2.06. The molecule has 0 saturated heterocycles. The molecule has 1 aromatic heterocycles. The van der Waals surface area contributed by atoms with Gasteiger partial charge in [-0.15, -0.1) is 0 Å². The number of benzene rings is 2. The number of anilines is 1. The minimum atomic E-state index is -0.258. The molecule has 0 aliphatic rings. The van der Waals surface area contributed by atoms with Crippen LogP contribution < -0.4 is 5.32 Å². The van der Waals surface area contributed by atoms with Crippen LogP contribution in [0.3, 0.4) is 0 Å². The van der Waals surface area contributed by atoms with Gasteiger partial charge in [-0.1, -0.05) is 30.3 Å². The molecule has 4 heteroatoms. The second-order valence-electron chi connectivity index (χ2n) is 4.41. The molecule has 1 amide bonds. The summed E-state index contributed by atoms with van der Waals surface area (Å²) in [4.78, 5) is 12.2. The number of para-hydroxylation sites is 1. The van der Waals surface area contributed by atoms with Gasteiger partial charge in [0.05, 0.1) is 11.7 Å². The summed E-state index contributed by atoms with van der Waals surface area (Å²) in [5, 5.41) is 7.90. The monoisotopic (exact) mass is 251 g/mol. The first-order valence-corrected chi connectivity index (χ1v) is 6.05. The van der Waals surface area contributed by atoms with Crippen molar-refractivity contribution in [3.63, 3.8) is 0 Å². The van der Waals surface area contributed by atoms with Crippen LogP contribution in [0.1, 0.15) is 5.56 Å². The highest BCUT2D eigenvalue weighted by molar-refractivity contribution is 5.97. The zero-order valence-corrected chi connectivity index (χ0v) is 10.5. The van der Waals surface area contributed by atoms with Crippen LogP contribution in [-0.2, 0) is 0 Å². The Morgan fingerprint density at radius 2 is 2.00 bits per heavy atom. The molecular formula is C15H13N3O. The average molecular weight is 251 g/mol. The number of aromatic nitrogens is 2. The van der Waals surface area contributed by atoms with Crippen LogP contribution in [0, 0.1) is 6.92 Å². The van der Waals surface area contributed by atoms with E-state index in [1.807, 2.05) is 55.5 Å². The predicted molar refractivity (Wildman–Crippen MR) is 75.3 cm³/mol. The third kappa shape index (κ3) is 2.20. The van der Waals surface area contributed by atoms with Gasteiger partial charge in [0.2, 0.25) is 0 Å². The molecule has 0 aliphatic carbocycles. The van der Waals surface area contributed by atoms with Crippen molar-refractivity contribution in [2.75, 3.05) is 5.32 Å². The van der Waals surface area contributed by atoms with Crippen LogP contribution in [0.15, 0.2) is 54.7 Å². The van der Waals surface area contributed by atoms with E-state index < -0.39 is 0 Å². The highest BCUT2D eigenvalue weighted by Gasteiger charge is 2.09. The number of carbonyl (C=O) groups is 1. The summed E-state index contributed by atoms with van der Waals surface area (Å²) in [5.74, 6) is 0. The van der Waals surface area contributed by atoms with Crippen molar-refractivity contribution in [1.82, 2.24) is 9.78 Å². The van der Waals surface area contributed by atoms with Crippen molar-refractivity contribution in [1.29, 1.82) is 0 Å². The Kier molecular flexibility index (Phi) is 2.76. The van der Waals surface area contributed by atoms with Crippen molar-refractivity contribution in [2.45, 2.75) is 6.92 Å². The van der Waals surface area contributed by atoms with E-state index in [9.17, 15) is 4.79 Å². The Morgan fingerprint density at radius 1 is 1.16 bits per heavy atom. The summed E-state index contributed by atoms with van der Waals surface area (Å²) in [6.07, 6.45) is 1.69. The quantitative estimate of drug-likeness (QED) is 0.720. The highest BCUT2D eigenvalue weighted by Crippen LogP contribution is 2.14. The summed E-state index contributed by atoms with van der Waals surface area (Å²) < 4.78 is 1.37. The van der Waals surface area contributed by atoms with Gasteiger partial charge in [-0.3, -0.25) is 0 Å². The lowest BCUT2D eigenvalue weighted by molar-refractivity contribution is 0.252. The minimum absolute atomic E-state index is 0.258. The van der Waals surface area contributed by atoms with E-state index in [1.54, 1.807) is 6.20 Å². The van der Waals surface area contributed by atoms with E-state index in [0.29, 0.717) is 0 Å². The number of rotatable bonds is 1. The first-order chi connectivity index (χ1) is 9.24. The van der Waals surface area contributed by atoms with Gasteiger partial charge in [0.1, 0.15) is 0 Å². The van der Waals surface area contributed by atoms with Gasteiger partial charge in [-0.2, -0.15) is 9.78 Å². The molecule has 0 fully saturated rings. The number of fused-ring (bicyclic) bond motifs is 1. The average Bonchev–Trinajstić information content (AvgIpc) is 2.82. The zero-order valence-electron chi connectivity index (χ0n) is 10.5. The van der Waals surface area contributed by atoms with Crippen LogP contribution in [0.5, 0.6) is 0 Å². The molecule has 0 saturated carbocycles. The summed E-state index contributed by atoms with van der Waals surface area (Å²) in [6, 6.07) is 15.0. The molecule has 0 radical (unpaired) electrons. The van der Waals surface area contributed by atoms with Crippen molar-refractivity contribution >= 4 is 22.6 Å². The largest absolute Gasteiger partial charge is 0.347 e. The summed E-state index contributed by atoms with van der Waals surface area (Å²) in [7, 11) is 0. The second-order valence-corrected chi connectivity index (χ2v) is 4.41. The maximum absolute atomic E-state index is 12.2. The van der Waals surface area contributed by atoms with Crippen molar-refractivity contribution in [3.8, 4) is 0 Å². The maximum Gasteiger partial charge on any atom is 0.347 e. The van der Waals surface area contributed by atoms with Crippen LogP contribution in [0.4, 0.5) is 10.5 Å². The van der Waals surface area contributed by atoms with Crippen LogP contribution >= 0.6 is 0 Å². The molecule has 19 heavy (non-hydrogen) atoms. The number of nitrogens with one attached hydrogen (secondary N) is 1. The normalized spacial score (nSPS) is 10.6. The van der Waals surface area contributed by atoms with E-state index in [0.717, 1.165) is 22.2 Å². The van der Waals surface area contributed by atoms with Crippen LogP contribution in [-0.4, -0.2) is 15.8 Å². The van der Waals surface area contributed by atoms with Gasteiger partial charge in [0, 0.05) is 11.1 Å². The Labute approximate surface area is 110 Å². The number of carbonyl (C=O) groups excluding carboxylic acids is 1. The number of amides is 1. The number of hydrogen-bond donors (Lipinski definition) is 1. The Hall–Kier alpha value is -2.62. The molecule has 0 unspecified atom stereocenters. The van der Waals surface area contributed by atoms with E-state index in [-0.39, 0.29) is 6.03 Å². The molecule has 4 nitrogen and oxygen atoms in total. The fourth-order valence-corrected chi connectivity index (χ4v) is 2.03. The molecule has 3 aromatic rings. The molecule has 0 aliphatic heterocycles. The van der Waals surface area contributed by atoms with Crippen molar-refractivity contribution in [2.24, 2.45) is 0 Å². The molecular weight excluding hydrogens is 238 g/mol. The summed E-state index contributed by atoms with van der Waals surface area (Å²) in [5.41, 5.74) is 2.67. The van der Waals surface area contributed by atoms with E-state index in [1.165, 1.54) is 4.68 Å². The van der Waals surface area contributed by atoms with Crippen LogP contribution in [0.2, 0.25) is 0 Å². The Bertz CT molecular complexity index is 746. The third-order valence-electron chi connectivity index (χ3n) is 2.94. The summed E-state index contributed by atoms with van der Waals surface area (Å²) >= 11 is 0. The number of hydrogen-bond acceptors (Lipinski definition) is 2. The van der Waals surface area contributed by atoms with Gasteiger partial charge in [0.25, 0.3) is 0 Å². The second kappa shape index (κ2) is 4.57. The van der Waals surface area contributed by atoms with E-state index >= 15 is 0 Å². The molecule has 0 bridgehead atoms. The fourth-order valence-electron chi connectivity index (χ4n) is 2.03. The van der Waals surface area contributed by atoms with Gasteiger partial charge in [-0.25, -0.2) is 4.79 Å². The lowest BCUT2D eigenvalue weighted by atomic mass is 10.2. The molecule has 3 rings (SSSR count). The van der Waals surface area contributed by atoms with E-state index in [4.69, 9.17) is 0 Å². The third-order valence-corrected chi connectivity index (χ3v) is 2.94. The molecule has 2 aromatic carbocycles. The van der Waals surface area contributed by atoms with Crippen molar-refractivity contribution < 1.29 is 4.79 Å². The van der Waals surface area contributed by atoms with Gasteiger partial charge < -0.3 is 5.32 Å². The molecule has 0 atom stereocenters. The minimum Gasteiger partial charge on any atom is -0.306 e. The Morgan fingerprint density at radius 3 is 2.84 bits per heavy atom. The van der Waals surface area contributed by atoms with Crippen molar-refractivity contribution in [3.05, 3.63) is 60.3 Å². The zero-order chi connectivity index (χ0) is 13.2. The first kappa shape index (κ1) is 11.5. The standard InChI is InChI=1S/C15H13N3O/c1-11-5-4-7-13(9-11)17-15(19)18-14-8-3-2-6-12(14)10-16-18/h2-10H,1H3,(H,17,19). The number of nitrogens with zero attached hydrogens (tertiary/aromatic N) is 2. The SMILES string of the molecule is Cc1cccc(NC(=O)n2ncc3ccccc32)c1. The molecule has 1 N–H and O–H groups in total. The smallest absolute Gasteiger partial charge is 0.306 e. The fraction of sp³-hybridized carbons (Fsp3) is 0.0667. The highest BCUT2D eigenvalue weighted by atomic mass is 16.2. The van der Waals surface area contributed by atoms with Gasteiger partial charge in [0.15, 0.2) is 0 Å². The van der Waals surface area contributed by atoms with Crippen LogP contribution in [0.25, 0.3) is 10.9 Å². The predicted octanol–water partition coefficient (Wildman–Crippen LogP) is 3.42. The lowest BCUT2D eigenvalue weighted by Crippen LogP contribution is -2.20. The topological polar surface area (TPSA) is 46.9 Å². The molecule has 1 heterocycles.